The first-order valence-electron chi connectivity index (χ1n) is 8.04. The van der Waals surface area contributed by atoms with Gasteiger partial charge in [0.25, 0.3) is 5.91 Å². The van der Waals surface area contributed by atoms with Crippen molar-refractivity contribution in [3.8, 4) is 0 Å². The first-order valence-corrected chi connectivity index (χ1v) is 8.86. The van der Waals surface area contributed by atoms with E-state index in [0.29, 0.717) is 17.2 Å². The molecule has 0 bridgehead atoms. The number of carbonyl (C=O) groups excluding carboxylic acids is 3. The molecule has 2 aromatic rings. The number of amides is 2. The van der Waals surface area contributed by atoms with Crippen LogP contribution >= 0.6 is 11.3 Å². The normalized spacial score (nSPS) is 10.2. The maximum Gasteiger partial charge on any atom is 0.306 e. The summed E-state index contributed by atoms with van der Waals surface area (Å²) in [5.74, 6) is -1.18. The van der Waals surface area contributed by atoms with E-state index in [2.05, 4.69) is 20.8 Å². The Morgan fingerprint density at radius 2 is 1.88 bits per heavy atom. The summed E-state index contributed by atoms with van der Waals surface area (Å²) in [5.41, 5.74) is 1.66. The zero-order chi connectivity index (χ0) is 18.9. The van der Waals surface area contributed by atoms with Crippen LogP contribution in [0.1, 0.15) is 29.8 Å². The molecule has 0 saturated carbocycles. The predicted octanol–water partition coefficient (Wildman–Crippen LogP) is 2.45. The van der Waals surface area contributed by atoms with E-state index >= 15 is 0 Å². The molecule has 9 heteroatoms. The number of nitrogens with zero attached hydrogens (tertiary/aromatic N) is 2. The van der Waals surface area contributed by atoms with E-state index in [4.69, 9.17) is 4.74 Å². The van der Waals surface area contributed by atoms with Gasteiger partial charge in [0.1, 0.15) is 5.01 Å². The van der Waals surface area contributed by atoms with Gasteiger partial charge < -0.3 is 15.4 Å². The van der Waals surface area contributed by atoms with Gasteiger partial charge >= 0.3 is 5.97 Å². The molecule has 0 saturated heterocycles. The fraction of sp³-hybridized carbons (Fsp3) is 0.353. The number of esters is 1. The molecule has 2 N–H and O–H groups in total. The molecule has 26 heavy (non-hydrogen) atoms. The van der Waals surface area contributed by atoms with E-state index in [9.17, 15) is 14.4 Å². The summed E-state index contributed by atoms with van der Waals surface area (Å²) >= 11 is 1.28. The van der Waals surface area contributed by atoms with Gasteiger partial charge in [0.15, 0.2) is 6.61 Å². The Bertz CT molecular complexity index is 791. The highest BCUT2D eigenvalue weighted by molar-refractivity contribution is 7.15. The predicted molar refractivity (Wildman–Crippen MR) is 97.9 cm³/mol. The summed E-state index contributed by atoms with van der Waals surface area (Å²) in [6.45, 7) is 3.35. The lowest BCUT2D eigenvalue weighted by Crippen LogP contribution is -2.21. The van der Waals surface area contributed by atoms with Crippen LogP contribution in [0.5, 0.6) is 0 Å². The summed E-state index contributed by atoms with van der Waals surface area (Å²) in [4.78, 5) is 35.1. The van der Waals surface area contributed by atoms with Crippen LogP contribution in [-0.2, 0) is 19.1 Å². The van der Waals surface area contributed by atoms with E-state index in [0.717, 1.165) is 10.6 Å². The monoisotopic (exact) mass is 376 g/mol. The SMILES string of the molecule is Cc1cccc(NC(=O)COC(=O)CCCC(=O)Nc2nnc(C)s2)c1. The van der Waals surface area contributed by atoms with Crippen LogP contribution in [0.3, 0.4) is 0 Å². The quantitative estimate of drug-likeness (QED) is 0.685. The van der Waals surface area contributed by atoms with Crippen molar-refractivity contribution < 1.29 is 19.1 Å². The summed E-state index contributed by atoms with van der Waals surface area (Å²) in [5, 5.41) is 14.0. The van der Waals surface area contributed by atoms with Gasteiger partial charge in [-0.1, -0.05) is 23.5 Å². The molecule has 0 unspecified atom stereocenters. The molecule has 0 fully saturated rings. The average Bonchev–Trinajstić information content (AvgIpc) is 2.98. The van der Waals surface area contributed by atoms with Crippen molar-refractivity contribution in [2.75, 3.05) is 17.2 Å². The molecule has 0 radical (unpaired) electrons. The Hall–Kier alpha value is -2.81. The Balaban J connectivity index is 1.61. The molecule has 0 aliphatic carbocycles. The number of ether oxygens (including phenoxy) is 1. The fourth-order valence-electron chi connectivity index (χ4n) is 2.06. The Morgan fingerprint density at radius 1 is 1.08 bits per heavy atom. The maximum absolute atomic E-state index is 11.8. The van der Waals surface area contributed by atoms with Gasteiger partial charge in [0.2, 0.25) is 11.0 Å². The van der Waals surface area contributed by atoms with Crippen molar-refractivity contribution in [2.24, 2.45) is 0 Å². The topological polar surface area (TPSA) is 110 Å². The lowest BCUT2D eigenvalue weighted by molar-refractivity contribution is -0.147. The Labute approximate surface area is 155 Å². The number of hydrogen-bond acceptors (Lipinski definition) is 7. The molecule has 8 nitrogen and oxygen atoms in total. The lowest BCUT2D eigenvalue weighted by atomic mass is 10.2. The van der Waals surface area contributed by atoms with E-state index in [1.807, 2.05) is 25.1 Å². The second-order valence-electron chi connectivity index (χ2n) is 5.61. The van der Waals surface area contributed by atoms with Crippen LogP contribution in [0.15, 0.2) is 24.3 Å². The molecular weight excluding hydrogens is 356 g/mol. The van der Waals surface area contributed by atoms with E-state index in [1.54, 1.807) is 13.0 Å². The van der Waals surface area contributed by atoms with Crippen LogP contribution < -0.4 is 10.6 Å². The van der Waals surface area contributed by atoms with Gasteiger partial charge in [-0.25, -0.2) is 0 Å². The van der Waals surface area contributed by atoms with Gasteiger partial charge in [-0.15, -0.1) is 10.2 Å². The number of benzene rings is 1. The number of carbonyl (C=O) groups is 3. The van der Waals surface area contributed by atoms with E-state index in [-0.39, 0.29) is 25.4 Å². The summed E-state index contributed by atoms with van der Waals surface area (Å²) < 4.78 is 4.91. The zero-order valence-corrected chi connectivity index (χ0v) is 15.4. The van der Waals surface area contributed by atoms with Gasteiger partial charge in [0.05, 0.1) is 0 Å². The van der Waals surface area contributed by atoms with Gasteiger partial charge in [-0.05, 0) is 38.0 Å². The van der Waals surface area contributed by atoms with Crippen LogP contribution in [0, 0.1) is 13.8 Å². The van der Waals surface area contributed by atoms with Crippen LogP contribution in [0.4, 0.5) is 10.8 Å². The standard InChI is InChI=1S/C17H20N4O4S/c1-11-5-3-6-13(9-11)18-15(23)10-25-16(24)8-4-7-14(22)19-17-21-20-12(2)26-17/h3,5-6,9H,4,7-8,10H2,1-2H3,(H,18,23)(H,19,21,22). The number of anilines is 2. The van der Waals surface area contributed by atoms with Crippen molar-refractivity contribution in [2.45, 2.75) is 33.1 Å². The first kappa shape index (κ1) is 19.5. The molecule has 1 heterocycles. The minimum Gasteiger partial charge on any atom is -0.456 e. The molecule has 0 spiro atoms. The van der Waals surface area contributed by atoms with Crippen LogP contribution in [0.25, 0.3) is 0 Å². The lowest BCUT2D eigenvalue weighted by Gasteiger charge is -2.07. The number of aromatic nitrogens is 2. The number of rotatable bonds is 8. The molecule has 138 valence electrons. The van der Waals surface area contributed by atoms with Gasteiger partial charge in [-0.2, -0.15) is 0 Å². The Morgan fingerprint density at radius 3 is 2.58 bits per heavy atom. The highest BCUT2D eigenvalue weighted by Gasteiger charge is 2.11. The van der Waals surface area contributed by atoms with Crippen molar-refractivity contribution >= 4 is 39.9 Å². The second kappa shape index (κ2) is 9.62. The largest absolute Gasteiger partial charge is 0.456 e. The number of nitrogens with one attached hydrogen (secondary N) is 2. The molecule has 1 aromatic carbocycles. The molecule has 0 atom stereocenters. The minimum atomic E-state index is -0.524. The van der Waals surface area contributed by atoms with Gasteiger partial charge in [-0.3, -0.25) is 14.4 Å². The van der Waals surface area contributed by atoms with Crippen LogP contribution in [-0.4, -0.2) is 34.6 Å². The Kier molecular flexibility index (Phi) is 7.22. The molecule has 1 aromatic heterocycles. The molecule has 0 aliphatic heterocycles. The summed E-state index contributed by atoms with van der Waals surface area (Å²) in [7, 11) is 0. The van der Waals surface area contributed by atoms with Crippen LogP contribution in [0.2, 0.25) is 0 Å². The summed E-state index contributed by atoms with van der Waals surface area (Å²) in [6.07, 6.45) is 0.533. The number of hydrogen-bond donors (Lipinski definition) is 2. The zero-order valence-electron chi connectivity index (χ0n) is 14.6. The van der Waals surface area contributed by atoms with Gasteiger partial charge in [0, 0.05) is 18.5 Å². The molecule has 2 amide bonds. The van der Waals surface area contributed by atoms with E-state index in [1.165, 1.54) is 11.3 Å². The van der Waals surface area contributed by atoms with Crippen molar-refractivity contribution in [3.05, 3.63) is 34.8 Å². The fourth-order valence-corrected chi connectivity index (χ4v) is 2.67. The first-order chi connectivity index (χ1) is 12.4. The molecule has 0 aliphatic rings. The summed E-state index contributed by atoms with van der Waals surface area (Å²) in [6, 6.07) is 7.31. The highest BCUT2D eigenvalue weighted by atomic mass is 32.1. The van der Waals surface area contributed by atoms with Crippen molar-refractivity contribution in [3.63, 3.8) is 0 Å². The number of aryl methyl sites for hydroxylation is 2. The average molecular weight is 376 g/mol. The van der Waals surface area contributed by atoms with Crippen molar-refractivity contribution in [1.29, 1.82) is 0 Å². The third kappa shape index (κ3) is 6.98. The second-order valence-corrected chi connectivity index (χ2v) is 6.79. The third-order valence-corrected chi connectivity index (χ3v) is 3.98. The molecule has 2 rings (SSSR count). The minimum absolute atomic E-state index is 0.0558. The molecular formula is C17H20N4O4S. The maximum atomic E-state index is 11.8. The van der Waals surface area contributed by atoms with Crippen molar-refractivity contribution in [1.82, 2.24) is 10.2 Å². The smallest absolute Gasteiger partial charge is 0.306 e. The van der Waals surface area contributed by atoms with E-state index < -0.39 is 11.9 Å². The highest BCUT2D eigenvalue weighted by Crippen LogP contribution is 2.14. The third-order valence-electron chi connectivity index (χ3n) is 3.22.